The summed E-state index contributed by atoms with van der Waals surface area (Å²) in [5.41, 5.74) is 2.11. The van der Waals surface area contributed by atoms with Crippen molar-refractivity contribution in [1.29, 1.82) is 0 Å². The largest absolute Gasteiger partial charge is 0.335 e. The molecule has 0 saturated carbocycles. The van der Waals surface area contributed by atoms with Crippen molar-refractivity contribution in [1.82, 2.24) is 24.2 Å². The minimum Gasteiger partial charge on any atom is -0.335 e. The number of amides is 1. The van der Waals surface area contributed by atoms with Crippen LogP contribution in [0.2, 0.25) is 0 Å². The fourth-order valence-electron chi connectivity index (χ4n) is 3.20. The van der Waals surface area contributed by atoms with Crippen LogP contribution in [0.1, 0.15) is 23.0 Å². The van der Waals surface area contributed by atoms with E-state index >= 15 is 0 Å². The van der Waals surface area contributed by atoms with E-state index in [9.17, 15) is 9.59 Å². The Morgan fingerprint density at radius 3 is 2.88 bits per heavy atom. The highest BCUT2D eigenvalue weighted by molar-refractivity contribution is 5.92. The predicted molar refractivity (Wildman–Crippen MR) is 88.8 cm³/mol. The molecular formula is C17H17N5O2. The topological polar surface area (TPSA) is 73.0 Å². The summed E-state index contributed by atoms with van der Waals surface area (Å²) < 4.78 is 3.32. The molecular weight excluding hydrogens is 306 g/mol. The first-order chi connectivity index (χ1) is 11.6. The number of aromatic nitrogens is 4. The summed E-state index contributed by atoms with van der Waals surface area (Å²) in [6.07, 6.45) is 2.71. The molecule has 7 nitrogen and oxygen atoms in total. The lowest BCUT2D eigenvalue weighted by Gasteiger charge is -2.17. The monoisotopic (exact) mass is 323 g/mol. The summed E-state index contributed by atoms with van der Waals surface area (Å²) in [5, 5.41) is 4.05. The van der Waals surface area contributed by atoms with E-state index in [0.717, 1.165) is 17.5 Å². The van der Waals surface area contributed by atoms with Crippen LogP contribution < -0.4 is 5.56 Å². The predicted octanol–water partition coefficient (Wildman–Crippen LogP) is 1.22. The van der Waals surface area contributed by atoms with Crippen LogP contribution in [0.5, 0.6) is 0 Å². The molecule has 0 bridgehead atoms. The van der Waals surface area contributed by atoms with Crippen LogP contribution in [-0.2, 0) is 7.05 Å². The second-order valence-electron chi connectivity index (χ2n) is 6.01. The first kappa shape index (κ1) is 14.6. The molecule has 0 N–H and O–H groups in total. The highest BCUT2D eigenvalue weighted by Crippen LogP contribution is 2.26. The number of carbonyl (C=O) groups excluding carboxylic acids is 1. The van der Waals surface area contributed by atoms with Gasteiger partial charge in [0, 0.05) is 26.2 Å². The molecule has 7 heteroatoms. The summed E-state index contributed by atoms with van der Waals surface area (Å²) in [4.78, 5) is 30.2. The van der Waals surface area contributed by atoms with Crippen LogP contribution in [0.25, 0.3) is 11.0 Å². The van der Waals surface area contributed by atoms with Crippen molar-refractivity contribution in [3.8, 4) is 0 Å². The molecule has 1 aromatic carbocycles. The minimum absolute atomic E-state index is 0.141. The van der Waals surface area contributed by atoms with E-state index in [0.29, 0.717) is 18.8 Å². The van der Waals surface area contributed by atoms with Gasteiger partial charge in [0.2, 0.25) is 0 Å². The lowest BCUT2D eigenvalue weighted by atomic mass is 10.2. The van der Waals surface area contributed by atoms with E-state index in [4.69, 9.17) is 0 Å². The Bertz CT molecular complexity index is 974. The molecule has 122 valence electrons. The molecule has 1 aliphatic heterocycles. The average molecular weight is 323 g/mol. The van der Waals surface area contributed by atoms with Gasteiger partial charge < -0.3 is 9.47 Å². The summed E-state index contributed by atoms with van der Waals surface area (Å²) in [6, 6.07) is 11.1. The van der Waals surface area contributed by atoms with Crippen molar-refractivity contribution in [2.45, 2.75) is 12.5 Å². The van der Waals surface area contributed by atoms with Gasteiger partial charge in [-0.2, -0.15) is 5.10 Å². The van der Waals surface area contributed by atoms with Crippen LogP contribution in [0.4, 0.5) is 0 Å². The van der Waals surface area contributed by atoms with Crippen LogP contribution in [-0.4, -0.2) is 43.2 Å². The molecule has 24 heavy (non-hydrogen) atoms. The lowest BCUT2D eigenvalue weighted by molar-refractivity contribution is 0.0779. The molecule has 0 spiro atoms. The maximum atomic E-state index is 12.6. The van der Waals surface area contributed by atoms with Crippen LogP contribution in [0.3, 0.4) is 0 Å². The summed E-state index contributed by atoms with van der Waals surface area (Å²) in [5.74, 6) is -0.141. The Kier molecular flexibility index (Phi) is 3.41. The number of carbonyl (C=O) groups is 1. The second-order valence-corrected chi connectivity index (χ2v) is 6.01. The van der Waals surface area contributed by atoms with Gasteiger partial charge in [-0.15, -0.1) is 0 Å². The first-order valence-corrected chi connectivity index (χ1v) is 7.89. The molecule has 1 unspecified atom stereocenters. The van der Waals surface area contributed by atoms with Crippen molar-refractivity contribution in [3.63, 3.8) is 0 Å². The molecule has 1 amide bonds. The Labute approximate surface area is 138 Å². The van der Waals surface area contributed by atoms with Crippen molar-refractivity contribution in [3.05, 3.63) is 58.8 Å². The normalized spacial score (nSPS) is 17.5. The van der Waals surface area contributed by atoms with Crippen molar-refractivity contribution in [2.24, 2.45) is 7.05 Å². The van der Waals surface area contributed by atoms with E-state index in [-0.39, 0.29) is 17.5 Å². The van der Waals surface area contributed by atoms with E-state index in [1.54, 1.807) is 11.9 Å². The zero-order chi connectivity index (χ0) is 16.7. The Balaban J connectivity index is 1.57. The van der Waals surface area contributed by atoms with Gasteiger partial charge in [0.15, 0.2) is 0 Å². The van der Waals surface area contributed by atoms with Crippen LogP contribution in [0.15, 0.2) is 47.5 Å². The quantitative estimate of drug-likeness (QED) is 0.711. The molecule has 1 saturated heterocycles. The number of likely N-dealkylation sites (tertiary alicyclic amines) is 1. The number of imidazole rings is 1. The highest BCUT2D eigenvalue weighted by Gasteiger charge is 2.29. The lowest BCUT2D eigenvalue weighted by Crippen LogP contribution is -2.32. The fourth-order valence-corrected chi connectivity index (χ4v) is 3.20. The third-order valence-electron chi connectivity index (χ3n) is 4.50. The molecule has 0 radical (unpaired) electrons. The van der Waals surface area contributed by atoms with Crippen LogP contribution in [0, 0.1) is 0 Å². The van der Waals surface area contributed by atoms with Gasteiger partial charge in [-0.25, -0.2) is 9.67 Å². The van der Waals surface area contributed by atoms with Gasteiger partial charge in [0.25, 0.3) is 11.5 Å². The highest BCUT2D eigenvalue weighted by atomic mass is 16.2. The SMILES string of the molecule is Cn1nc(C(=O)N2CCC(n3cnc4ccccc43)C2)ccc1=O. The number of para-hydroxylation sites is 2. The molecule has 2 aromatic heterocycles. The number of hydrogen-bond donors (Lipinski definition) is 0. The van der Waals surface area contributed by atoms with Crippen LogP contribution >= 0.6 is 0 Å². The molecule has 4 rings (SSSR count). The zero-order valence-electron chi connectivity index (χ0n) is 13.3. The smallest absolute Gasteiger partial charge is 0.274 e. The molecule has 1 fully saturated rings. The van der Waals surface area contributed by atoms with E-state index in [1.165, 1.54) is 16.8 Å². The van der Waals surface area contributed by atoms with E-state index in [2.05, 4.69) is 14.6 Å². The molecule has 3 heterocycles. The molecule has 1 atom stereocenters. The van der Waals surface area contributed by atoms with Gasteiger partial charge in [-0.05, 0) is 24.6 Å². The zero-order valence-corrected chi connectivity index (χ0v) is 13.3. The maximum Gasteiger partial charge on any atom is 0.274 e. The number of hydrogen-bond acceptors (Lipinski definition) is 4. The number of nitrogens with zero attached hydrogens (tertiary/aromatic N) is 5. The van der Waals surface area contributed by atoms with Gasteiger partial charge in [0.1, 0.15) is 5.69 Å². The van der Waals surface area contributed by atoms with Gasteiger partial charge in [0.05, 0.1) is 23.4 Å². The maximum absolute atomic E-state index is 12.6. The molecule has 3 aromatic rings. The van der Waals surface area contributed by atoms with Gasteiger partial charge >= 0.3 is 0 Å². The third-order valence-corrected chi connectivity index (χ3v) is 4.50. The summed E-state index contributed by atoms with van der Waals surface area (Å²) >= 11 is 0. The standard InChI is InChI=1S/C17H17N5O2/c1-20-16(23)7-6-14(19-20)17(24)21-9-8-12(10-21)22-11-18-13-4-2-3-5-15(13)22/h2-7,11-12H,8-10H2,1H3. The van der Waals surface area contributed by atoms with Crippen molar-refractivity contribution >= 4 is 16.9 Å². The Morgan fingerprint density at radius 1 is 1.21 bits per heavy atom. The van der Waals surface area contributed by atoms with E-state index < -0.39 is 0 Å². The van der Waals surface area contributed by atoms with Crippen molar-refractivity contribution in [2.75, 3.05) is 13.1 Å². The molecule has 1 aliphatic rings. The van der Waals surface area contributed by atoms with E-state index in [1.807, 2.05) is 30.6 Å². The fraction of sp³-hybridized carbons (Fsp3) is 0.294. The first-order valence-electron chi connectivity index (χ1n) is 7.89. The number of aryl methyl sites for hydroxylation is 1. The average Bonchev–Trinajstić information content (AvgIpc) is 3.23. The number of fused-ring (bicyclic) bond motifs is 1. The Hall–Kier alpha value is -2.96. The Morgan fingerprint density at radius 2 is 2.04 bits per heavy atom. The van der Waals surface area contributed by atoms with Crippen molar-refractivity contribution < 1.29 is 4.79 Å². The third kappa shape index (κ3) is 2.38. The van der Waals surface area contributed by atoms with Gasteiger partial charge in [-0.1, -0.05) is 12.1 Å². The minimum atomic E-state index is -0.226. The second kappa shape index (κ2) is 5.59. The number of rotatable bonds is 2. The number of benzene rings is 1. The summed E-state index contributed by atoms with van der Waals surface area (Å²) in [6.45, 7) is 1.28. The molecule has 0 aliphatic carbocycles. The summed E-state index contributed by atoms with van der Waals surface area (Å²) in [7, 11) is 1.55. The van der Waals surface area contributed by atoms with Gasteiger partial charge in [-0.3, -0.25) is 9.59 Å².